The van der Waals surface area contributed by atoms with Crippen molar-refractivity contribution >= 4 is 33.0 Å². The van der Waals surface area contributed by atoms with Gasteiger partial charge in [-0.15, -0.1) is 11.3 Å². The fourth-order valence-corrected chi connectivity index (χ4v) is 4.34. The SMILES string of the molecule is CC(N)C1CCN(Cc2sc3ccccc3c2Cl)C1. The van der Waals surface area contributed by atoms with Gasteiger partial charge >= 0.3 is 0 Å². The second-order valence-corrected chi connectivity index (χ2v) is 6.99. The number of likely N-dealkylation sites (tertiary alicyclic amines) is 1. The second-order valence-electron chi connectivity index (χ2n) is 5.48. The van der Waals surface area contributed by atoms with Gasteiger partial charge in [0.25, 0.3) is 0 Å². The van der Waals surface area contributed by atoms with Gasteiger partial charge in [0.1, 0.15) is 0 Å². The third kappa shape index (κ3) is 2.65. The van der Waals surface area contributed by atoms with Gasteiger partial charge in [0.2, 0.25) is 0 Å². The summed E-state index contributed by atoms with van der Waals surface area (Å²) in [6.07, 6.45) is 1.21. The molecule has 102 valence electrons. The minimum Gasteiger partial charge on any atom is -0.328 e. The Bertz CT molecular complexity index is 579. The average Bonchev–Trinajstić information content (AvgIpc) is 2.97. The molecule has 1 fully saturated rings. The largest absolute Gasteiger partial charge is 0.328 e. The normalized spacial score (nSPS) is 22.2. The Morgan fingerprint density at radius 1 is 1.47 bits per heavy atom. The van der Waals surface area contributed by atoms with Crippen LogP contribution in [0, 0.1) is 5.92 Å². The maximum absolute atomic E-state index is 6.49. The lowest BCUT2D eigenvalue weighted by Crippen LogP contribution is -2.29. The highest BCUT2D eigenvalue weighted by atomic mass is 35.5. The summed E-state index contributed by atoms with van der Waals surface area (Å²) in [6.45, 7) is 5.31. The smallest absolute Gasteiger partial charge is 0.0637 e. The van der Waals surface area contributed by atoms with Gasteiger partial charge in [-0.1, -0.05) is 29.8 Å². The van der Waals surface area contributed by atoms with Crippen molar-refractivity contribution in [3.05, 3.63) is 34.2 Å². The van der Waals surface area contributed by atoms with Gasteiger partial charge in [-0.2, -0.15) is 0 Å². The molecule has 1 aromatic heterocycles. The van der Waals surface area contributed by atoms with E-state index in [2.05, 4.69) is 30.0 Å². The van der Waals surface area contributed by atoms with Gasteiger partial charge in [0.05, 0.1) is 5.02 Å². The molecule has 0 bridgehead atoms. The van der Waals surface area contributed by atoms with E-state index in [-0.39, 0.29) is 0 Å². The van der Waals surface area contributed by atoms with Crippen LogP contribution in [0.3, 0.4) is 0 Å². The Morgan fingerprint density at radius 3 is 2.95 bits per heavy atom. The van der Waals surface area contributed by atoms with E-state index in [1.54, 1.807) is 0 Å². The fraction of sp³-hybridized carbons (Fsp3) is 0.467. The summed E-state index contributed by atoms with van der Waals surface area (Å²) < 4.78 is 1.28. The molecule has 2 heterocycles. The van der Waals surface area contributed by atoms with Crippen LogP contribution in [0.1, 0.15) is 18.2 Å². The number of thiophene rings is 1. The van der Waals surface area contributed by atoms with Gasteiger partial charge in [-0.05, 0) is 31.9 Å². The van der Waals surface area contributed by atoms with Crippen molar-refractivity contribution in [3.63, 3.8) is 0 Å². The lowest BCUT2D eigenvalue weighted by Gasteiger charge is -2.17. The lowest BCUT2D eigenvalue weighted by atomic mass is 10.0. The van der Waals surface area contributed by atoms with E-state index in [4.69, 9.17) is 17.3 Å². The highest BCUT2D eigenvalue weighted by Gasteiger charge is 2.26. The third-order valence-corrected chi connectivity index (χ3v) is 5.72. The number of hydrogen-bond acceptors (Lipinski definition) is 3. The first-order valence-corrected chi connectivity index (χ1v) is 7.98. The molecule has 0 radical (unpaired) electrons. The summed E-state index contributed by atoms with van der Waals surface area (Å²) in [7, 11) is 0. The molecule has 2 nitrogen and oxygen atoms in total. The number of nitrogens with two attached hydrogens (primary N) is 1. The fourth-order valence-electron chi connectivity index (χ4n) is 2.80. The number of fused-ring (bicyclic) bond motifs is 1. The third-order valence-electron chi connectivity index (χ3n) is 4.02. The van der Waals surface area contributed by atoms with Crippen molar-refractivity contribution < 1.29 is 0 Å². The Labute approximate surface area is 123 Å². The molecule has 1 saturated heterocycles. The first-order chi connectivity index (χ1) is 9.15. The zero-order valence-electron chi connectivity index (χ0n) is 11.1. The van der Waals surface area contributed by atoms with E-state index >= 15 is 0 Å². The van der Waals surface area contributed by atoms with Crippen LogP contribution in [0.4, 0.5) is 0 Å². The Kier molecular flexibility index (Phi) is 3.81. The minimum atomic E-state index is 0.294. The second kappa shape index (κ2) is 5.41. The van der Waals surface area contributed by atoms with Crippen LogP contribution in [-0.4, -0.2) is 24.0 Å². The lowest BCUT2D eigenvalue weighted by molar-refractivity contribution is 0.311. The quantitative estimate of drug-likeness (QED) is 0.935. The zero-order valence-corrected chi connectivity index (χ0v) is 12.7. The maximum Gasteiger partial charge on any atom is 0.0637 e. The summed E-state index contributed by atoms with van der Waals surface area (Å²) in [5, 5.41) is 2.12. The van der Waals surface area contributed by atoms with Crippen LogP contribution in [-0.2, 0) is 6.54 Å². The summed E-state index contributed by atoms with van der Waals surface area (Å²) >= 11 is 8.31. The van der Waals surface area contributed by atoms with Gasteiger partial charge < -0.3 is 5.73 Å². The van der Waals surface area contributed by atoms with Crippen LogP contribution in [0.5, 0.6) is 0 Å². The standard InChI is InChI=1S/C15H19ClN2S/c1-10(17)11-6-7-18(8-11)9-14-15(16)12-4-2-3-5-13(12)19-14/h2-5,10-11H,6-9,17H2,1H3. The van der Waals surface area contributed by atoms with Gasteiger partial charge in [0, 0.05) is 34.1 Å². The van der Waals surface area contributed by atoms with Crippen LogP contribution in [0.15, 0.2) is 24.3 Å². The van der Waals surface area contributed by atoms with E-state index in [1.807, 2.05) is 17.4 Å². The topological polar surface area (TPSA) is 29.3 Å². The molecule has 2 aromatic rings. The molecular weight excluding hydrogens is 276 g/mol. The van der Waals surface area contributed by atoms with Crippen molar-refractivity contribution in [2.75, 3.05) is 13.1 Å². The van der Waals surface area contributed by atoms with Crippen LogP contribution < -0.4 is 5.73 Å². The summed E-state index contributed by atoms with van der Waals surface area (Å²) in [5.41, 5.74) is 5.99. The van der Waals surface area contributed by atoms with Crippen molar-refractivity contribution in [3.8, 4) is 0 Å². The summed E-state index contributed by atoms with van der Waals surface area (Å²) in [5.74, 6) is 0.633. The van der Waals surface area contributed by atoms with Crippen LogP contribution in [0.25, 0.3) is 10.1 Å². The van der Waals surface area contributed by atoms with E-state index in [1.165, 1.54) is 21.4 Å². The number of halogens is 1. The molecule has 1 aliphatic heterocycles. The average molecular weight is 295 g/mol. The van der Waals surface area contributed by atoms with Crippen LogP contribution >= 0.6 is 22.9 Å². The maximum atomic E-state index is 6.49. The number of rotatable bonds is 3. The van der Waals surface area contributed by atoms with E-state index in [0.717, 1.165) is 24.7 Å². The highest BCUT2D eigenvalue weighted by molar-refractivity contribution is 7.19. The summed E-state index contributed by atoms with van der Waals surface area (Å²) in [6, 6.07) is 8.66. The highest BCUT2D eigenvalue weighted by Crippen LogP contribution is 2.36. The molecule has 0 saturated carbocycles. The first kappa shape index (κ1) is 13.4. The molecule has 1 aromatic carbocycles. The predicted molar refractivity (Wildman–Crippen MR) is 83.9 cm³/mol. The number of benzene rings is 1. The molecule has 0 amide bonds. The van der Waals surface area contributed by atoms with E-state index in [0.29, 0.717) is 12.0 Å². The monoisotopic (exact) mass is 294 g/mol. The molecule has 19 heavy (non-hydrogen) atoms. The molecular formula is C15H19ClN2S. The van der Waals surface area contributed by atoms with Crippen molar-refractivity contribution in [1.82, 2.24) is 4.90 Å². The molecule has 1 aliphatic rings. The molecule has 2 unspecified atom stereocenters. The Hall–Kier alpha value is -0.610. The molecule has 2 N–H and O–H groups in total. The van der Waals surface area contributed by atoms with Crippen molar-refractivity contribution in [2.45, 2.75) is 25.9 Å². The van der Waals surface area contributed by atoms with Crippen LogP contribution in [0.2, 0.25) is 5.02 Å². The van der Waals surface area contributed by atoms with Crippen molar-refractivity contribution in [1.29, 1.82) is 0 Å². The molecule has 4 heteroatoms. The first-order valence-electron chi connectivity index (χ1n) is 6.79. The van der Waals surface area contributed by atoms with E-state index < -0.39 is 0 Å². The zero-order chi connectivity index (χ0) is 13.4. The van der Waals surface area contributed by atoms with Gasteiger partial charge in [0.15, 0.2) is 0 Å². The Morgan fingerprint density at radius 2 is 2.26 bits per heavy atom. The number of hydrogen-bond donors (Lipinski definition) is 1. The summed E-state index contributed by atoms with van der Waals surface area (Å²) in [4.78, 5) is 3.76. The molecule has 2 atom stereocenters. The number of nitrogens with zero attached hydrogens (tertiary/aromatic N) is 1. The predicted octanol–water partition coefficient (Wildman–Crippen LogP) is 3.72. The van der Waals surface area contributed by atoms with E-state index in [9.17, 15) is 0 Å². The minimum absolute atomic E-state index is 0.294. The van der Waals surface area contributed by atoms with Gasteiger partial charge in [-0.25, -0.2) is 0 Å². The molecule has 0 aliphatic carbocycles. The van der Waals surface area contributed by atoms with Gasteiger partial charge in [-0.3, -0.25) is 4.90 Å². The molecule has 3 rings (SSSR count). The Balaban J connectivity index is 1.77. The molecule has 0 spiro atoms. The van der Waals surface area contributed by atoms with Crippen molar-refractivity contribution in [2.24, 2.45) is 11.7 Å².